The number of anilines is 2. The van der Waals surface area contributed by atoms with Crippen LogP contribution in [-0.4, -0.2) is 42.0 Å². The van der Waals surface area contributed by atoms with Crippen LogP contribution in [0.15, 0.2) is 18.2 Å². The van der Waals surface area contributed by atoms with Crippen molar-refractivity contribution in [3.63, 3.8) is 0 Å². The molecule has 3 rings (SSSR count). The van der Waals surface area contributed by atoms with Gasteiger partial charge in [-0.2, -0.15) is 4.98 Å². The Labute approximate surface area is 163 Å². The first-order valence-electron chi connectivity index (χ1n) is 9.02. The van der Waals surface area contributed by atoms with Crippen molar-refractivity contribution in [3.8, 4) is 11.9 Å². The van der Waals surface area contributed by atoms with Gasteiger partial charge in [-0.15, -0.1) is 0 Å². The summed E-state index contributed by atoms with van der Waals surface area (Å²) in [7, 11) is 2.97. The molecule has 0 bridgehead atoms. The number of nitrogens with one attached hydrogen (secondary N) is 1. The molecular formula is C20H24N4O4. The maximum Gasteiger partial charge on any atom is 0.319 e. The average Bonchev–Trinajstić information content (AvgIpc) is 2.98. The summed E-state index contributed by atoms with van der Waals surface area (Å²) in [5.74, 6) is 0.133. The molecule has 28 heavy (non-hydrogen) atoms. The number of fused-ring (bicyclic) bond motifs is 1. The van der Waals surface area contributed by atoms with E-state index in [2.05, 4.69) is 15.3 Å². The van der Waals surface area contributed by atoms with Gasteiger partial charge in [0.2, 0.25) is 17.7 Å². The molecule has 0 saturated carbocycles. The number of ether oxygens (including phenoxy) is 2. The standard InChI is InChI=1S/C20H24N4O4/c1-11-8-14-9-15(6-7-17(14)24(11)13(3)25)22-18(26)10-16-12(2)21-20(28-5)23-19(16)27-4/h6-7,9,11H,8,10H2,1-5H3,(H,22,26). The van der Waals surface area contributed by atoms with Gasteiger partial charge < -0.3 is 19.7 Å². The Hall–Kier alpha value is -3.16. The molecule has 1 unspecified atom stereocenters. The van der Waals surface area contributed by atoms with Crippen molar-refractivity contribution in [1.29, 1.82) is 0 Å². The summed E-state index contributed by atoms with van der Waals surface area (Å²) < 4.78 is 10.3. The van der Waals surface area contributed by atoms with E-state index in [9.17, 15) is 9.59 Å². The molecule has 2 aromatic rings. The molecule has 2 amide bonds. The number of nitrogens with zero attached hydrogens (tertiary/aromatic N) is 3. The second kappa shape index (κ2) is 7.84. The molecule has 0 saturated heterocycles. The highest BCUT2D eigenvalue weighted by atomic mass is 16.5. The molecule has 1 atom stereocenters. The van der Waals surface area contributed by atoms with E-state index in [1.165, 1.54) is 14.2 Å². The number of aromatic nitrogens is 2. The zero-order valence-electron chi connectivity index (χ0n) is 16.7. The number of carbonyl (C=O) groups excluding carboxylic acids is 2. The highest BCUT2D eigenvalue weighted by Gasteiger charge is 2.29. The maximum atomic E-state index is 12.6. The van der Waals surface area contributed by atoms with Crippen molar-refractivity contribution >= 4 is 23.2 Å². The third-order valence-electron chi connectivity index (χ3n) is 4.79. The monoisotopic (exact) mass is 384 g/mol. The molecule has 1 aliphatic heterocycles. The number of hydrogen-bond donors (Lipinski definition) is 1. The zero-order chi connectivity index (χ0) is 20.4. The zero-order valence-corrected chi connectivity index (χ0v) is 16.7. The number of amides is 2. The number of rotatable bonds is 5. The van der Waals surface area contributed by atoms with E-state index in [-0.39, 0.29) is 30.3 Å². The van der Waals surface area contributed by atoms with Crippen LogP contribution in [0.5, 0.6) is 11.9 Å². The van der Waals surface area contributed by atoms with Gasteiger partial charge in [0.05, 0.1) is 26.3 Å². The second-order valence-electron chi connectivity index (χ2n) is 6.79. The van der Waals surface area contributed by atoms with Crippen molar-refractivity contribution in [2.45, 2.75) is 39.7 Å². The number of hydrogen-bond acceptors (Lipinski definition) is 6. The van der Waals surface area contributed by atoms with Gasteiger partial charge in [0, 0.05) is 29.9 Å². The largest absolute Gasteiger partial charge is 0.481 e. The molecule has 1 aromatic heterocycles. The van der Waals surface area contributed by atoms with E-state index in [0.29, 0.717) is 22.8 Å². The van der Waals surface area contributed by atoms with E-state index >= 15 is 0 Å². The number of carbonyl (C=O) groups is 2. The quantitative estimate of drug-likeness (QED) is 0.850. The summed E-state index contributed by atoms with van der Waals surface area (Å²) in [6.07, 6.45) is 0.837. The van der Waals surface area contributed by atoms with Gasteiger partial charge in [0.25, 0.3) is 0 Å². The predicted octanol–water partition coefficient (Wildman–Crippen LogP) is 2.28. The van der Waals surface area contributed by atoms with Gasteiger partial charge in [0.1, 0.15) is 0 Å². The Morgan fingerprint density at radius 2 is 2.00 bits per heavy atom. The van der Waals surface area contributed by atoms with Crippen molar-refractivity contribution in [1.82, 2.24) is 9.97 Å². The van der Waals surface area contributed by atoms with Crippen LogP contribution in [0, 0.1) is 6.92 Å². The van der Waals surface area contributed by atoms with Crippen LogP contribution >= 0.6 is 0 Å². The first-order valence-corrected chi connectivity index (χ1v) is 9.02. The second-order valence-corrected chi connectivity index (χ2v) is 6.79. The van der Waals surface area contributed by atoms with E-state index in [1.807, 2.05) is 19.1 Å². The van der Waals surface area contributed by atoms with E-state index in [1.54, 1.807) is 24.8 Å². The van der Waals surface area contributed by atoms with Crippen molar-refractivity contribution < 1.29 is 19.1 Å². The lowest BCUT2D eigenvalue weighted by Crippen LogP contribution is -2.33. The Morgan fingerprint density at radius 1 is 1.25 bits per heavy atom. The van der Waals surface area contributed by atoms with Crippen LogP contribution < -0.4 is 19.7 Å². The summed E-state index contributed by atoms with van der Waals surface area (Å²) >= 11 is 0. The van der Waals surface area contributed by atoms with Crippen molar-refractivity contribution in [2.75, 3.05) is 24.4 Å². The summed E-state index contributed by atoms with van der Waals surface area (Å²) in [5, 5.41) is 2.90. The van der Waals surface area contributed by atoms with Crippen molar-refractivity contribution in [3.05, 3.63) is 35.0 Å². The van der Waals surface area contributed by atoms with E-state index in [0.717, 1.165) is 17.7 Å². The van der Waals surface area contributed by atoms with Crippen LogP contribution in [0.2, 0.25) is 0 Å². The van der Waals surface area contributed by atoms with Crippen LogP contribution in [0.4, 0.5) is 11.4 Å². The maximum absolute atomic E-state index is 12.6. The van der Waals surface area contributed by atoms with Crippen molar-refractivity contribution in [2.24, 2.45) is 0 Å². The van der Waals surface area contributed by atoms with E-state index in [4.69, 9.17) is 9.47 Å². The molecule has 148 valence electrons. The number of aryl methyl sites for hydroxylation is 1. The SMILES string of the molecule is COc1nc(C)c(CC(=O)Nc2ccc3c(c2)CC(C)N3C(C)=O)c(OC)n1. The molecule has 0 fully saturated rings. The summed E-state index contributed by atoms with van der Waals surface area (Å²) in [6, 6.07) is 5.90. The highest BCUT2D eigenvalue weighted by molar-refractivity contribution is 5.96. The molecule has 1 aliphatic rings. The van der Waals surface area contributed by atoms with Gasteiger partial charge in [-0.3, -0.25) is 9.59 Å². The fourth-order valence-electron chi connectivity index (χ4n) is 3.56. The Bertz CT molecular complexity index is 929. The minimum atomic E-state index is -0.204. The Kier molecular flexibility index (Phi) is 5.48. The van der Waals surface area contributed by atoms with Gasteiger partial charge in [-0.05, 0) is 44.0 Å². The highest BCUT2D eigenvalue weighted by Crippen LogP contribution is 2.34. The fourth-order valence-corrected chi connectivity index (χ4v) is 3.56. The molecule has 1 N–H and O–H groups in total. The first kappa shape index (κ1) is 19.6. The Morgan fingerprint density at radius 3 is 2.64 bits per heavy atom. The van der Waals surface area contributed by atoms with Gasteiger partial charge >= 0.3 is 6.01 Å². The van der Waals surface area contributed by atoms with Crippen LogP contribution in [0.3, 0.4) is 0 Å². The fraction of sp³-hybridized carbons (Fsp3) is 0.400. The lowest BCUT2D eigenvalue weighted by molar-refractivity contribution is -0.117. The third kappa shape index (κ3) is 3.76. The number of benzene rings is 1. The molecule has 0 radical (unpaired) electrons. The normalized spacial score (nSPS) is 15.2. The Balaban J connectivity index is 1.77. The topological polar surface area (TPSA) is 93.7 Å². The minimum absolute atomic E-state index is 0.0186. The third-order valence-corrected chi connectivity index (χ3v) is 4.79. The summed E-state index contributed by atoms with van der Waals surface area (Å²) in [5.41, 5.74) is 3.87. The summed E-state index contributed by atoms with van der Waals surface area (Å²) in [4.78, 5) is 34.6. The smallest absolute Gasteiger partial charge is 0.319 e. The predicted molar refractivity (Wildman–Crippen MR) is 105 cm³/mol. The number of methoxy groups -OCH3 is 2. The van der Waals surface area contributed by atoms with Gasteiger partial charge in [0.15, 0.2) is 0 Å². The molecular weight excluding hydrogens is 360 g/mol. The molecule has 0 aliphatic carbocycles. The average molecular weight is 384 g/mol. The van der Waals surface area contributed by atoms with Crippen LogP contribution in [0.1, 0.15) is 30.7 Å². The lowest BCUT2D eigenvalue weighted by Gasteiger charge is -2.20. The van der Waals surface area contributed by atoms with Crippen LogP contribution in [0.25, 0.3) is 0 Å². The first-order chi connectivity index (χ1) is 13.3. The summed E-state index contributed by atoms with van der Waals surface area (Å²) in [6.45, 7) is 5.36. The van der Waals surface area contributed by atoms with E-state index < -0.39 is 0 Å². The molecule has 8 nitrogen and oxygen atoms in total. The molecule has 2 heterocycles. The van der Waals surface area contributed by atoms with Gasteiger partial charge in [-0.25, -0.2) is 4.98 Å². The minimum Gasteiger partial charge on any atom is -0.481 e. The lowest BCUT2D eigenvalue weighted by atomic mass is 10.1. The van der Waals surface area contributed by atoms with Gasteiger partial charge in [-0.1, -0.05) is 0 Å². The molecule has 1 aromatic carbocycles. The van der Waals surface area contributed by atoms with Crippen LogP contribution in [-0.2, 0) is 22.4 Å². The molecule has 8 heteroatoms. The molecule has 0 spiro atoms.